The molecule has 1 aliphatic heterocycles. The third kappa shape index (κ3) is 3.80. The number of nitrogens with two attached hydrogens (primary N) is 1. The Kier molecular flexibility index (Phi) is 4.38. The van der Waals surface area contributed by atoms with E-state index in [-0.39, 0.29) is 11.6 Å². The fourth-order valence-electron chi connectivity index (χ4n) is 2.49. The smallest absolute Gasteiger partial charge is 0.0753 e. The van der Waals surface area contributed by atoms with E-state index in [1.54, 1.807) is 0 Å². The predicted octanol–water partition coefficient (Wildman–Crippen LogP) is 2.19. The molecule has 0 amide bonds. The summed E-state index contributed by atoms with van der Waals surface area (Å²) in [6.07, 6.45) is 1.00. The molecule has 1 atom stereocenters. The van der Waals surface area contributed by atoms with Gasteiger partial charge in [0, 0.05) is 25.7 Å². The van der Waals surface area contributed by atoms with E-state index in [0.29, 0.717) is 0 Å². The van der Waals surface area contributed by atoms with E-state index in [1.165, 1.54) is 5.56 Å². The molecule has 0 bridgehead atoms. The Labute approximate surface area is 110 Å². The number of rotatable bonds is 4. The molecule has 0 aliphatic carbocycles. The van der Waals surface area contributed by atoms with Gasteiger partial charge in [-0.15, -0.1) is 0 Å². The molecule has 1 aromatic rings. The van der Waals surface area contributed by atoms with Gasteiger partial charge < -0.3 is 10.5 Å². The molecule has 1 aromatic carbocycles. The highest BCUT2D eigenvalue weighted by atomic mass is 16.5. The SMILES string of the molecule is CC1(C)CN(CCC(N)c2ccccc2)CCO1. The zero-order chi connectivity index (χ0) is 13.0. The van der Waals surface area contributed by atoms with Crippen LogP contribution in [0.15, 0.2) is 30.3 Å². The fraction of sp³-hybridized carbons (Fsp3) is 0.600. The van der Waals surface area contributed by atoms with Crippen molar-refractivity contribution in [1.82, 2.24) is 4.90 Å². The summed E-state index contributed by atoms with van der Waals surface area (Å²) in [5, 5.41) is 0. The lowest BCUT2D eigenvalue weighted by atomic mass is 10.0. The third-order valence-electron chi connectivity index (χ3n) is 3.49. The first-order chi connectivity index (χ1) is 8.57. The van der Waals surface area contributed by atoms with Crippen molar-refractivity contribution in [3.63, 3.8) is 0 Å². The molecular formula is C15H24N2O. The molecular weight excluding hydrogens is 224 g/mol. The van der Waals surface area contributed by atoms with Gasteiger partial charge in [0.05, 0.1) is 12.2 Å². The second-order valence-corrected chi connectivity index (χ2v) is 5.69. The molecule has 18 heavy (non-hydrogen) atoms. The van der Waals surface area contributed by atoms with Crippen LogP contribution < -0.4 is 5.73 Å². The van der Waals surface area contributed by atoms with Crippen molar-refractivity contribution >= 4 is 0 Å². The van der Waals surface area contributed by atoms with Crippen LogP contribution in [0, 0.1) is 0 Å². The lowest BCUT2D eigenvalue weighted by Crippen LogP contribution is -2.48. The van der Waals surface area contributed by atoms with Crippen molar-refractivity contribution in [2.45, 2.75) is 31.9 Å². The van der Waals surface area contributed by atoms with Gasteiger partial charge in [0.15, 0.2) is 0 Å². The number of morpholine rings is 1. The van der Waals surface area contributed by atoms with Crippen LogP contribution in [0.4, 0.5) is 0 Å². The summed E-state index contributed by atoms with van der Waals surface area (Å²) < 4.78 is 5.71. The van der Waals surface area contributed by atoms with Gasteiger partial charge in [0.25, 0.3) is 0 Å². The molecule has 0 saturated carbocycles. The minimum atomic E-state index is -0.0188. The standard InChI is InChI=1S/C15H24N2O/c1-15(2)12-17(10-11-18-15)9-8-14(16)13-6-4-3-5-7-13/h3-7,14H,8-12,16H2,1-2H3. The largest absolute Gasteiger partial charge is 0.373 e. The van der Waals surface area contributed by atoms with Crippen molar-refractivity contribution < 1.29 is 4.74 Å². The normalized spacial score (nSPS) is 21.7. The van der Waals surface area contributed by atoms with Crippen LogP contribution in [0.5, 0.6) is 0 Å². The van der Waals surface area contributed by atoms with Crippen molar-refractivity contribution in [2.75, 3.05) is 26.2 Å². The summed E-state index contributed by atoms with van der Waals surface area (Å²) in [7, 11) is 0. The Morgan fingerprint density at radius 2 is 2.06 bits per heavy atom. The maximum absolute atomic E-state index is 6.22. The molecule has 1 unspecified atom stereocenters. The zero-order valence-corrected chi connectivity index (χ0v) is 11.4. The maximum Gasteiger partial charge on any atom is 0.0753 e. The number of hydrogen-bond donors (Lipinski definition) is 1. The molecule has 0 spiro atoms. The van der Waals surface area contributed by atoms with E-state index >= 15 is 0 Å². The minimum Gasteiger partial charge on any atom is -0.373 e. The van der Waals surface area contributed by atoms with E-state index in [2.05, 4.69) is 30.9 Å². The van der Waals surface area contributed by atoms with Gasteiger partial charge in [-0.05, 0) is 25.8 Å². The van der Waals surface area contributed by atoms with E-state index in [1.807, 2.05) is 18.2 Å². The monoisotopic (exact) mass is 248 g/mol. The number of nitrogens with zero attached hydrogens (tertiary/aromatic N) is 1. The summed E-state index contributed by atoms with van der Waals surface area (Å²) in [5.41, 5.74) is 7.43. The first kappa shape index (κ1) is 13.5. The highest BCUT2D eigenvalue weighted by Gasteiger charge is 2.26. The molecule has 100 valence electrons. The number of benzene rings is 1. The van der Waals surface area contributed by atoms with Gasteiger partial charge in [-0.2, -0.15) is 0 Å². The molecule has 0 aromatic heterocycles. The van der Waals surface area contributed by atoms with Gasteiger partial charge in [0.2, 0.25) is 0 Å². The lowest BCUT2D eigenvalue weighted by Gasteiger charge is -2.38. The van der Waals surface area contributed by atoms with Crippen molar-refractivity contribution in [3.05, 3.63) is 35.9 Å². The third-order valence-corrected chi connectivity index (χ3v) is 3.49. The Hall–Kier alpha value is -0.900. The zero-order valence-electron chi connectivity index (χ0n) is 11.4. The molecule has 0 radical (unpaired) electrons. The molecule has 1 heterocycles. The first-order valence-corrected chi connectivity index (χ1v) is 6.74. The second kappa shape index (κ2) is 5.83. The predicted molar refractivity (Wildman–Crippen MR) is 74.5 cm³/mol. The summed E-state index contributed by atoms with van der Waals surface area (Å²) in [6, 6.07) is 10.5. The van der Waals surface area contributed by atoms with Crippen LogP contribution in [-0.2, 0) is 4.74 Å². The highest BCUT2D eigenvalue weighted by Crippen LogP contribution is 2.19. The van der Waals surface area contributed by atoms with Crippen molar-refractivity contribution in [2.24, 2.45) is 5.73 Å². The van der Waals surface area contributed by atoms with E-state index in [9.17, 15) is 0 Å². The van der Waals surface area contributed by atoms with Crippen LogP contribution in [-0.4, -0.2) is 36.7 Å². The van der Waals surface area contributed by atoms with Gasteiger partial charge in [-0.3, -0.25) is 4.90 Å². The highest BCUT2D eigenvalue weighted by molar-refractivity contribution is 5.18. The van der Waals surface area contributed by atoms with Gasteiger partial charge in [-0.1, -0.05) is 30.3 Å². The molecule has 1 saturated heterocycles. The minimum absolute atomic E-state index is 0.0188. The molecule has 3 nitrogen and oxygen atoms in total. The van der Waals surface area contributed by atoms with Crippen LogP contribution in [0.1, 0.15) is 31.9 Å². The Morgan fingerprint density at radius 1 is 1.33 bits per heavy atom. The van der Waals surface area contributed by atoms with Crippen LogP contribution in [0.3, 0.4) is 0 Å². The second-order valence-electron chi connectivity index (χ2n) is 5.69. The van der Waals surface area contributed by atoms with Crippen LogP contribution >= 0.6 is 0 Å². The quantitative estimate of drug-likeness (QED) is 0.887. The van der Waals surface area contributed by atoms with Crippen molar-refractivity contribution in [3.8, 4) is 0 Å². The fourth-order valence-corrected chi connectivity index (χ4v) is 2.49. The molecule has 3 heteroatoms. The summed E-state index contributed by atoms with van der Waals surface area (Å²) in [5.74, 6) is 0. The van der Waals surface area contributed by atoms with E-state index in [0.717, 1.165) is 32.7 Å². The first-order valence-electron chi connectivity index (χ1n) is 6.74. The number of ether oxygens (including phenoxy) is 1. The Balaban J connectivity index is 1.81. The maximum atomic E-state index is 6.22. The Morgan fingerprint density at radius 3 is 2.72 bits per heavy atom. The van der Waals surface area contributed by atoms with Crippen LogP contribution in [0.25, 0.3) is 0 Å². The van der Waals surface area contributed by atoms with Gasteiger partial charge >= 0.3 is 0 Å². The van der Waals surface area contributed by atoms with Crippen LogP contribution in [0.2, 0.25) is 0 Å². The molecule has 2 rings (SSSR count). The Bertz CT molecular complexity index is 364. The summed E-state index contributed by atoms with van der Waals surface area (Å²) >= 11 is 0. The molecule has 1 fully saturated rings. The topological polar surface area (TPSA) is 38.5 Å². The van der Waals surface area contributed by atoms with E-state index in [4.69, 9.17) is 10.5 Å². The number of hydrogen-bond acceptors (Lipinski definition) is 3. The molecule has 2 N–H and O–H groups in total. The van der Waals surface area contributed by atoms with Gasteiger partial charge in [-0.25, -0.2) is 0 Å². The summed E-state index contributed by atoms with van der Waals surface area (Å²) in [6.45, 7) is 8.18. The van der Waals surface area contributed by atoms with Crippen molar-refractivity contribution in [1.29, 1.82) is 0 Å². The van der Waals surface area contributed by atoms with E-state index < -0.39 is 0 Å². The summed E-state index contributed by atoms with van der Waals surface area (Å²) in [4.78, 5) is 2.45. The average Bonchev–Trinajstić information content (AvgIpc) is 2.36. The lowest BCUT2D eigenvalue weighted by molar-refractivity contribution is -0.0863. The van der Waals surface area contributed by atoms with Gasteiger partial charge in [0.1, 0.15) is 0 Å². The average molecular weight is 248 g/mol. The molecule has 1 aliphatic rings.